The third kappa shape index (κ3) is 3.68. The van der Waals surface area contributed by atoms with E-state index in [1.54, 1.807) is 11.3 Å². The Bertz CT molecular complexity index is 615. The molecule has 0 aliphatic heterocycles. The normalized spacial score (nSPS) is 12.8. The molecule has 0 saturated heterocycles. The first kappa shape index (κ1) is 16.1. The zero-order valence-electron chi connectivity index (χ0n) is 12.9. The average Bonchev–Trinajstić information content (AvgIpc) is 2.77. The first-order valence-corrected chi connectivity index (χ1v) is 7.81. The van der Waals surface area contributed by atoms with Crippen molar-refractivity contribution < 1.29 is 9.47 Å². The molecule has 0 aliphatic carbocycles. The van der Waals surface area contributed by atoms with Crippen molar-refractivity contribution in [3.63, 3.8) is 0 Å². The van der Waals surface area contributed by atoms with Crippen molar-refractivity contribution >= 4 is 27.4 Å². The topological polar surface area (TPSA) is 82.3 Å². The molecule has 0 fully saturated rings. The van der Waals surface area contributed by atoms with Crippen molar-refractivity contribution in [1.82, 2.24) is 9.97 Å². The van der Waals surface area contributed by atoms with Crippen LogP contribution < -0.4 is 11.3 Å². The van der Waals surface area contributed by atoms with Gasteiger partial charge in [-0.1, -0.05) is 0 Å². The van der Waals surface area contributed by atoms with Crippen LogP contribution in [-0.2, 0) is 16.1 Å². The lowest BCUT2D eigenvalue weighted by atomic mass is 10.2. The van der Waals surface area contributed by atoms with E-state index in [1.165, 1.54) is 10.4 Å². The van der Waals surface area contributed by atoms with Crippen molar-refractivity contribution in [2.24, 2.45) is 5.84 Å². The van der Waals surface area contributed by atoms with E-state index >= 15 is 0 Å². The van der Waals surface area contributed by atoms with E-state index in [-0.39, 0.29) is 6.10 Å². The SMILES string of the molecule is CCOCC(C)OCc1nc(NN)c2c(C)c(C)sc2n1. The van der Waals surface area contributed by atoms with Gasteiger partial charge in [0, 0.05) is 11.5 Å². The fraction of sp³-hybridized carbons (Fsp3) is 0.571. The van der Waals surface area contributed by atoms with Crippen LogP contribution >= 0.6 is 11.3 Å². The Balaban J connectivity index is 2.17. The van der Waals surface area contributed by atoms with Crippen LogP contribution in [0.25, 0.3) is 10.2 Å². The number of nitrogens with one attached hydrogen (secondary N) is 1. The molecule has 2 heterocycles. The lowest BCUT2D eigenvalue weighted by Gasteiger charge is -2.12. The van der Waals surface area contributed by atoms with E-state index in [0.29, 0.717) is 31.5 Å². The Kier molecular flexibility index (Phi) is 5.46. The summed E-state index contributed by atoms with van der Waals surface area (Å²) in [5.74, 6) is 6.86. The summed E-state index contributed by atoms with van der Waals surface area (Å²) in [7, 11) is 0. The maximum Gasteiger partial charge on any atom is 0.158 e. The number of thiophene rings is 1. The molecule has 0 bridgehead atoms. The maximum atomic E-state index is 5.70. The molecule has 2 aromatic heterocycles. The number of fused-ring (bicyclic) bond motifs is 1. The van der Waals surface area contributed by atoms with Gasteiger partial charge in [0.25, 0.3) is 0 Å². The third-order valence-corrected chi connectivity index (χ3v) is 4.37. The number of aryl methyl sites for hydroxylation is 2. The summed E-state index contributed by atoms with van der Waals surface area (Å²) in [6.45, 7) is 9.65. The number of anilines is 1. The highest BCUT2D eigenvalue weighted by Crippen LogP contribution is 2.32. The molecular weight excluding hydrogens is 288 g/mol. The smallest absolute Gasteiger partial charge is 0.158 e. The van der Waals surface area contributed by atoms with Crippen LogP contribution in [0.1, 0.15) is 30.1 Å². The second kappa shape index (κ2) is 7.13. The van der Waals surface area contributed by atoms with Crippen LogP contribution in [0.2, 0.25) is 0 Å². The largest absolute Gasteiger partial charge is 0.379 e. The molecule has 0 radical (unpaired) electrons. The molecule has 21 heavy (non-hydrogen) atoms. The number of nitrogens with two attached hydrogens (primary N) is 1. The zero-order chi connectivity index (χ0) is 15.4. The summed E-state index contributed by atoms with van der Waals surface area (Å²) < 4.78 is 11.0. The van der Waals surface area contributed by atoms with Crippen LogP contribution in [-0.4, -0.2) is 29.3 Å². The van der Waals surface area contributed by atoms with Crippen LogP contribution in [0, 0.1) is 13.8 Å². The minimum absolute atomic E-state index is 0.00494. The maximum absolute atomic E-state index is 5.70. The van der Waals surface area contributed by atoms with Gasteiger partial charge >= 0.3 is 0 Å². The van der Waals surface area contributed by atoms with Crippen LogP contribution in [0.15, 0.2) is 0 Å². The quantitative estimate of drug-likeness (QED) is 0.604. The second-order valence-electron chi connectivity index (χ2n) is 4.88. The lowest BCUT2D eigenvalue weighted by Crippen LogP contribution is -2.17. The Morgan fingerprint density at radius 1 is 1.33 bits per heavy atom. The van der Waals surface area contributed by atoms with Crippen molar-refractivity contribution in [1.29, 1.82) is 0 Å². The Morgan fingerprint density at radius 2 is 2.10 bits per heavy atom. The zero-order valence-corrected chi connectivity index (χ0v) is 13.7. The lowest BCUT2D eigenvalue weighted by molar-refractivity contribution is -0.0138. The van der Waals surface area contributed by atoms with Gasteiger partial charge in [-0.15, -0.1) is 11.3 Å². The monoisotopic (exact) mass is 310 g/mol. The summed E-state index contributed by atoms with van der Waals surface area (Å²) in [6.07, 6.45) is 0.00494. The minimum atomic E-state index is 0.00494. The highest BCUT2D eigenvalue weighted by Gasteiger charge is 2.14. The summed E-state index contributed by atoms with van der Waals surface area (Å²) in [5.41, 5.74) is 3.83. The number of hydrogen-bond acceptors (Lipinski definition) is 7. The Morgan fingerprint density at radius 3 is 2.76 bits per heavy atom. The van der Waals surface area contributed by atoms with Crippen LogP contribution in [0.5, 0.6) is 0 Å². The van der Waals surface area contributed by atoms with Gasteiger partial charge in [-0.2, -0.15) is 0 Å². The molecule has 0 spiro atoms. The molecule has 0 amide bonds. The molecule has 6 nitrogen and oxygen atoms in total. The molecule has 1 atom stereocenters. The van der Waals surface area contributed by atoms with Gasteiger partial charge in [0.1, 0.15) is 11.4 Å². The van der Waals surface area contributed by atoms with Gasteiger partial charge in [0.15, 0.2) is 11.6 Å². The van der Waals surface area contributed by atoms with E-state index in [4.69, 9.17) is 15.3 Å². The number of hydrazine groups is 1. The standard InChI is InChI=1S/C14H22N4O2S/c1-5-19-6-8(2)20-7-11-16-13(18-15)12-9(3)10(4)21-14(12)17-11/h8H,5-7,15H2,1-4H3,(H,16,17,18). The molecule has 0 aliphatic rings. The van der Waals surface area contributed by atoms with Gasteiger partial charge in [-0.05, 0) is 33.3 Å². The number of hydrogen-bond donors (Lipinski definition) is 2. The molecule has 0 aromatic carbocycles. The Hall–Kier alpha value is -1.28. The number of ether oxygens (including phenoxy) is 2. The third-order valence-electron chi connectivity index (χ3n) is 3.27. The predicted octanol–water partition coefficient (Wildman–Crippen LogP) is 2.54. The molecule has 3 N–H and O–H groups in total. The van der Waals surface area contributed by atoms with Crippen LogP contribution in [0.4, 0.5) is 5.82 Å². The Labute approximate surface area is 128 Å². The highest BCUT2D eigenvalue weighted by molar-refractivity contribution is 7.18. The number of nitrogens with zero attached hydrogens (tertiary/aromatic N) is 2. The molecule has 2 aromatic rings. The van der Waals surface area contributed by atoms with Crippen LogP contribution in [0.3, 0.4) is 0 Å². The van der Waals surface area contributed by atoms with Crippen molar-refractivity contribution in [3.05, 3.63) is 16.3 Å². The van der Waals surface area contributed by atoms with Gasteiger partial charge in [0.2, 0.25) is 0 Å². The first-order chi connectivity index (χ1) is 10.1. The van der Waals surface area contributed by atoms with E-state index in [9.17, 15) is 0 Å². The molecule has 0 saturated carbocycles. The minimum Gasteiger partial charge on any atom is -0.379 e. The predicted molar refractivity (Wildman–Crippen MR) is 85.4 cm³/mol. The number of rotatable bonds is 7. The van der Waals surface area contributed by atoms with E-state index in [1.807, 2.05) is 13.8 Å². The fourth-order valence-corrected chi connectivity index (χ4v) is 3.06. The average molecular weight is 310 g/mol. The first-order valence-electron chi connectivity index (χ1n) is 6.99. The van der Waals surface area contributed by atoms with Crippen molar-refractivity contribution in [2.45, 2.75) is 40.4 Å². The van der Waals surface area contributed by atoms with Gasteiger partial charge in [0.05, 0.1) is 18.1 Å². The highest BCUT2D eigenvalue weighted by atomic mass is 32.1. The van der Waals surface area contributed by atoms with Gasteiger partial charge in [-0.3, -0.25) is 0 Å². The van der Waals surface area contributed by atoms with Gasteiger partial charge < -0.3 is 14.9 Å². The molecule has 7 heteroatoms. The van der Waals surface area contributed by atoms with Gasteiger partial charge in [-0.25, -0.2) is 15.8 Å². The van der Waals surface area contributed by atoms with E-state index in [0.717, 1.165) is 10.2 Å². The van der Waals surface area contributed by atoms with Crippen molar-refractivity contribution in [3.8, 4) is 0 Å². The fourth-order valence-electron chi connectivity index (χ4n) is 2.01. The summed E-state index contributed by atoms with van der Waals surface area (Å²) in [6, 6.07) is 0. The molecule has 116 valence electrons. The molecule has 1 unspecified atom stereocenters. The summed E-state index contributed by atoms with van der Waals surface area (Å²) in [4.78, 5) is 11.2. The van der Waals surface area contributed by atoms with E-state index < -0.39 is 0 Å². The number of nitrogen functional groups attached to an aromatic ring is 1. The van der Waals surface area contributed by atoms with E-state index in [2.05, 4.69) is 29.2 Å². The second-order valence-corrected chi connectivity index (χ2v) is 6.08. The molecular formula is C14H22N4O2S. The summed E-state index contributed by atoms with van der Waals surface area (Å²) >= 11 is 1.64. The number of aromatic nitrogens is 2. The molecule has 2 rings (SSSR count). The van der Waals surface area contributed by atoms with Crippen molar-refractivity contribution in [2.75, 3.05) is 18.6 Å². The summed E-state index contributed by atoms with van der Waals surface area (Å²) in [5, 5.41) is 0.992.